The van der Waals surface area contributed by atoms with Gasteiger partial charge in [-0.05, 0) is 88.8 Å². The van der Waals surface area contributed by atoms with Gasteiger partial charge in [0.1, 0.15) is 5.75 Å². The van der Waals surface area contributed by atoms with Crippen LogP contribution in [0.25, 0.3) is 22.0 Å². The summed E-state index contributed by atoms with van der Waals surface area (Å²) in [6, 6.07) is 18.0. The van der Waals surface area contributed by atoms with Gasteiger partial charge in [0.25, 0.3) is 5.91 Å². The predicted octanol–water partition coefficient (Wildman–Crippen LogP) is 6.42. The first-order valence-corrected chi connectivity index (χ1v) is 15.8. The average Bonchev–Trinajstić information content (AvgIpc) is 3.53. The van der Waals surface area contributed by atoms with Crippen molar-refractivity contribution in [3.8, 4) is 16.9 Å². The van der Waals surface area contributed by atoms with E-state index in [1.807, 2.05) is 34.7 Å². The number of hydrogen-bond acceptors (Lipinski definition) is 6. The molecule has 6 rings (SSSR count). The highest BCUT2D eigenvalue weighted by Crippen LogP contribution is 2.38. The molecular weight excluding hydrogens is 576 g/mol. The zero-order valence-corrected chi connectivity index (χ0v) is 26.4. The van der Waals surface area contributed by atoms with Crippen molar-refractivity contribution >= 4 is 34.2 Å². The summed E-state index contributed by atoms with van der Waals surface area (Å²) in [5.41, 5.74) is 3.25. The SMILES string of the molecule is Cc1nn(C(C)C)c2ccc(-c3ccc(C(=O)C(=O)N[C@H](C)[C@](O)(c4ccc(OC5CC5)c(Cl)c4)N4CCCC4)cc3)cc12. The number of carbonyl (C=O) groups is 2. The number of aryl methyl sites for hydroxylation is 1. The Labute approximate surface area is 263 Å². The van der Waals surface area contributed by atoms with Crippen LogP contribution in [0.5, 0.6) is 5.75 Å². The van der Waals surface area contributed by atoms with Gasteiger partial charge in [-0.3, -0.25) is 19.2 Å². The highest BCUT2D eigenvalue weighted by Gasteiger charge is 2.44. The van der Waals surface area contributed by atoms with Crippen molar-refractivity contribution in [2.75, 3.05) is 13.1 Å². The van der Waals surface area contributed by atoms with Gasteiger partial charge in [0, 0.05) is 35.6 Å². The van der Waals surface area contributed by atoms with Crippen LogP contribution in [0.1, 0.15) is 74.1 Å². The van der Waals surface area contributed by atoms with Crippen molar-refractivity contribution in [1.29, 1.82) is 0 Å². The highest BCUT2D eigenvalue weighted by atomic mass is 35.5. The summed E-state index contributed by atoms with van der Waals surface area (Å²) >= 11 is 6.56. The summed E-state index contributed by atoms with van der Waals surface area (Å²) in [6.45, 7) is 9.26. The van der Waals surface area contributed by atoms with Gasteiger partial charge in [-0.25, -0.2) is 0 Å². The molecule has 44 heavy (non-hydrogen) atoms. The molecule has 1 aliphatic carbocycles. The zero-order chi connectivity index (χ0) is 31.2. The van der Waals surface area contributed by atoms with E-state index in [0.29, 0.717) is 29.4 Å². The molecule has 3 aromatic carbocycles. The number of amides is 1. The second-order valence-electron chi connectivity index (χ2n) is 12.3. The first-order valence-electron chi connectivity index (χ1n) is 15.4. The Balaban J connectivity index is 1.19. The lowest BCUT2D eigenvalue weighted by Crippen LogP contribution is -2.59. The van der Waals surface area contributed by atoms with E-state index in [1.54, 1.807) is 37.3 Å². The van der Waals surface area contributed by atoms with Crippen LogP contribution in [-0.2, 0) is 10.5 Å². The molecule has 4 aromatic rings. The van der Waals surface area contributed by atoms with Crippen molar-refractivity contribution in [3.63, 3.8) is 0 Å². The monoisotopic (exact) mass is 614 g/mol. The summed E-state index contributed by atoms with van der Waals surface area (Å²) in [5, 5.41) is 21.1. The van der Waals surface area contributed by atoms with Gasteiger partial charge in [0.2, 0.25) is 5.78 Å². The number of nitrogens with zero attached hydrogens (tertiary/aromatic N) is 3. The van der Waals surface area contributed by atoms with Crippen molar-refractivity contribution in [1.82, 2.24) is 20.0 Å². The predicted molar refractivity (Wildman–Crippen MR) is 172 cm³/mol. The number of benzene rings is 3. The van der Waals surface area contributed by atoms with Gasteiger partial charge >= 0.3 is 0 Å². The number of fused-ring (bicyclic) bond motifs is 1. The molecule has 2 atom stereocenters. The van der Waals surface area contributed by atoms with Crippen molar-refractivity contribution in [2.45, 2.75) is 77.3 Å². The molecule has 2 fully saturated rings. The van der Waals surface area contributed by atoms with Crippen LogP contribution in [0, 0.1) is 6.92 Å². The third-order valence-electron chi connectivity index (χ3n) is 8.78. The van der Waals surface area contributed by atoms with Gasteiger partial charge in [0.15, 0.2) is 5.72 Å². The first-order chi connectivity index (χ1) is 21.1. The highest BCUT2D eigenvalue weighted by molar-refractivity contribution is 6.42. The number of hydrogen-bond donors (Lipinski definition) is 2. The Kier molecular flexibility index (Phi) is 8.26. The van der Waals surface area contributed by atoms with E-state index in [4.69, 9.17) is 16.3 Å². The number of ketones is 1. The number of halogens is 1. The maximum Gasteiger partial charge on any atom is 0.292 e. The fourth-order valence-electron chi connectivity index (χ4n) is 6.13. The maximum absolute atomic E-state index is 13.3. The molecule has 2 N–H and O–H groups in total. The molecule has 1 saturated carbocycles. The largest absolute Gasteiger partial charge is 0.489 e. The van der Waals surface area contributed by atoms with Gasteiger partial charge in [-0.1, -0.05) is 48.0 Å². The third-order valence-corrected chi connectivity index (χ3v) is 9.08. The second-order valence-corrected chi connectivity index (χ2v) is 12.7. The molecule has 0 radical (unpaired) electrons. The van der Waals surface area contributed by atoms with E-state index in [9.17, 15) is 14.7 Å². The molecule has 0 spiro atoms. The molecule has 0 bridgehead atoms. The standard InChI is InChI=1S/C35H39ClN4O4/c1-21(2)40-31-15-11-26(19-29(31)22(3)38-40)24-7-9-25(10-8-24)33(41)34(42)37-23(4)35(43,39-17-5-6-18-39)27-12-16-32(30(36)20-27)44-28-13-14-28/h7-12,15-16,19-21,23,28,43H,5-6,13-14,17-18H2,1-4H3,(H,37,42)/t23-,35+/m1/s1. The molecular formula is C35H39ClN4O4. The van der Waals surface area contributed by atoms with E-state index in [-0.39, 0.29) is 17.7 Å². The topological polar surface area (TPSA) is 96.7 Å². The molecule has 2 heterocycles. The number of likely N-dealkylation sites (tertiary alicyclic amines) is 1. The third kappa shape index (κ3) is 5.74. The van der Waals surface area contributed by atoms with E-state index in [0.717, 1.165) is 53.4 Å². The number of rotatable bonds is 10. The summed E-state index contributed by atoms with van der Waals surface area (Å²) in [4.78, 5) is 28.4. The number of nitrogens with one attached hydrogen (secondary N) is 1. The van der Waals surface area contributed by atoms with Crippen molar-refractivity contribution < 1.29 is 19.4 Å². The number of aromatic nitrogens is 2. The van der Waals surface area contributed by atoms with E-state index < -0.39 is 23.5 Å². The Hall–Kier alpha value is -3.72. The molecule has 2 aliphatic rings. The van der Waals surface area contributed by atoms with Crippen LogP contribution in [-0.4, -0.2) is 56.7 Å². The van der Waals surface area contributed by atoms with Crippen LogP contribution in [0.3, 0.4) is 0 Å². The Morgan fingerprint density at radius 3 is 2.32 bits per heavy atom. The second kappa shape index (κ2) is 12.0. The summed E-state index contributed by atoms with van der Waals surface area (Å²) in [5.74, 6) is -0.860. The molecule has 230 valence electrons. The van der Waals surface area contributed by atoms with Crippen LogP contribution in [0.2, 0.25) is 5.02 Å². The quantitative estimate of drug-likeness (QED) is 0.158. The van der Waals surface area contributed by atoms with Gasteiger partial charge < -0.3 is 15.2 Å². The summed E-state index contributed by atoms with van der Waals surface area (Å²) in [6.07, 6.45) is 4.07. The number of carbonyl (C=O) groups excluding carboxylic acids is 2. The molecule has 8 nitrogen and oxygen atoms in total. The van der Waals surface area contributed by atoms with Gasteiger partial charge in [-0.2, -0.15) is 5.10 Å². The van der Waals surface area contributed by atoms with E-state index in [1.165, 1.54) is 0 Å². The summed E-state index contributed by atoms with van der Waals surface area (Å²) in [7, 11) is 0. The van der Waals surface area contributed by atoms with Crippen molar-refractivity contribution in [3.05, 3.63) is 82.5 Å². The molecule has 1 aromatic heterocycles. The maximum atomic E-state index is 13.3. The number of aliphatic hydroxyl groups is 1. The molecule has 1 amide bonds. The Morgan fingerprint density at radius 2 is 1.68 bits per heavy atom. The van der Waals surface area contributed by atoms with Gasteiger partial charge in [-0.15, -0.1) is 0 Å². The van der Waals surface area contributed by atoms with Crippen LogP contribution < -0.4 is 10.1 Å². The lowest BCUT2D eigenvalue weighted by atomic mass is 9.93. The molecule has 9 heteroatoms. The first kappa shape index (κ1) is 30.3. The Morgan fingerprint density at radius 1 is 1.00 bits per heavy atom. The van der Waals surface area contributed by atoms with Crippen LogP contribution >= 0.6 is 11.6 Å². The lowest BCUT2D eigenvalue weighted by molar-refractivity contribution is -0.139. The van der Waals surface area contributed by atoms with E-state index >= 15 is 0 Å². The molecule has 1 saturated heterocycles. The minimum Gasteiger partial charge on any atom is -0.489 e. The number of ether oxygens (including phenoxy) is 1. The zero-order valence-electron chi connectivity index (χ0n) is 25.6. The normalized spacial score (nSPS) is 17.5. The Bertz CT molecular complexity index is 1710. The average molecular weight is 615 g/mol. The summed E-state index contributed by atoms with van der Waals surface area (Å²) < 4.78 is 7.90. The fraction of sp³-hybridized carbons (Fsp3) is 0.400. The molecule has 0 unspecified atom stereocenters. The fourth-order valence-corrected chi connectivity index (χ4v) is 6.36. The van der Waals surface area contributed by atoms with Gasteiger partial charge in [0.05, 0.1) is 28.4 Å². The minimum atomic E-state index is -1.56. The lowest BCUT2D eigenvalue weighted by Gasteiger charge is -2.42. The minimum absolute atomic E-state index is 0.192. The number of Topliss-reactive ketones (excluding diaryl/α,β-unsaturated/α-hetero) is 1. The van der Waals surface area contributed by atoms with Crippen LogP contribution in [0.15, 0.2) is 60.7 Å². The van der Waals surface area contributed by atoms with Crippen LogP contribution in [0.4, 0.5) is 0 Å². The molecule has 1 aliphatic heterocycles. The van der Waals surface area contributed by atoms with E-state index in [2.05, 4.69) is 36.4 Å². The van der Waals surface area contributed by atoms with Crippen molar-refractivity contribution in [2.24, 2.45) is 0 Å². The smallest absolute Gasteiger partial charge is 0.292 e.